The second-order valence-electron chi connectivity index (χ2n) is 6.01. The number of aromatic nitrogens is 2. The minimum absolute atomic E-state index is 0.00603. The summed E-state index contributed by atoms with van der Waals surface area (Å²) in [6.45, 7) is -2.62. The lowest BCUT2D eigenvalue weighted by Gasteiger charge is -2.07. The van der Waals surface area contributed by atoms with E-state index >= 15 is 0 Å². The molecule has 2 aromatic carbocycles. The zero-order valence-corrected chi connectivity index (χ0v) is 15.0. The van der Waals surface area contributed by atoms with Crippen LogP contribution in [0.1, 0.15) is 11.4 Å². The lowest BCUT2D eigenvalue weighted by atomic mass is 10.2. The molecule has 1 N–H and O–H groups in total. The molecule has 1 amide bonds. The fourth-order valence-corrected chi connectivity index (χ4v) is 2.79. The van der Waals surface area contributed by atoms with Crippen molar-refractivity contribution in [2.45, 2.75) is 13.0 Å². The summed E-state index contributed by atoms with van der Waals surface area (Å²) in [4.78, 5) is 16.3. The molecular weight excluding hydrogens is 371 g/mol. The Morgan fingerprint density at radius 1 is 1.29 bits per heavy atom. The summed E-state index contributed by atoms with van der Waals surface area (Å²) in [5.41, 5.74) is 1.73. The molecule has 0 fully saturated rings. The molecule has 0 saturated carbocycles. The summed E-state index contributed by atoms with van der Waals surface area (Å²) in [5.74, 6) is -0.0302. The van der Waals surface area contributed by atoms with Gasteiger partial charge in [-0.15, -0.1) is 0 Å². The first-order valence-corrected chi connectivity index (χ1v) is 8.54. The summed E-state index contributed by atoms with van der Waals surface area (Å²) in [6.07, 6.45) is 3.11. The Morgan fingerprint density at radius 3 is 2.86 bits per heavy atom. The first-order valence-electron chi connectivity index (χ1n) is 8.54. The number of imidazole rings is 1. The SMILES string of the molecule is Cn1c(CCNC(=O)C=Cc2ccccc2OC(F)F)nc2cc(F)ccc21. The highest BCUT2D eigenvalue weighted by Gasteiger charge is 2.09. The molecule has 0 spiro atoms. The molecule has 5 nitrogen and oxygen atoms in total. The lowest BCUT2D eigenvalue weighted by molar-refractivity contribution is -0.116. The van der Waals surface area contributed by atoms with Crippen LogP contribution in [-0.2, 0) is 18.3 Å². The molecular formula is C20H18F3N3O2. The molecule has 0 bridgehead atoms. The smallest absolute Gasteiger partial charge is 0.387 e. The molecule has 146 valence electrons. The van der Waals surface area contributed by atoms with Crippen molar-refractivity contribution >= 4 is 23.0 Å². The standard InChI is InChI=1S/C20H18F3N3O2/c1-26-16-8-7-14(21)12-15(16)25-18(26)10-11-24-19(27)9-6-13-4-2-3-5-17(13)28-20(22)23/h2-9,12,20H,10-11H2,1H3,(H,24,27). The van der Waals surface area contributed by atoms with Crippen LogP contribution in [0.4, 0.5) is 13.2 Å². The van der Waals surface area contributed by atoms with Crippen molar-refractivity contribution in [3.05, 3.63) is 65.7 Å². The number of rotatable bonds is 7. The number of amides is 1. The molecule has 8 heteroatoms. The average molecular weight is 389 g/mol. The number of aryl methyl sites for hydroxylation is 1. The topological polar surface area (TPSA) is 56.2 Å². The third-order valence-corrected chi connectivity index (χ3v) is 4.13. The minimum Gasteiger partial charge on any atom is -0.434 e. The van der Waals surface area contributed by atoms with Crippen LogP contribution in [0.2, 0.25) is 0 Å². The van der Waals surface area contributed by atoms with Crippen LogP contribution in [0.15, 0.2) is 48.5 Å². The molecule has 3 aromatic rings. The Balaban J connectivity index is 1.58. The molecule has 0 aliphatic carbocycles. The number of hydrogen-bond donors (Lipinski definition) is 1. The number of benzene rings is 2. The van der Waals surface area contributed by atoms with E-state index < -0.39 is 6.61 Å². The van der Waals surface area contributed by atoms with E-state index in [4.69, 9.17) is 0 Å². The number of halogens is 3. The van der Waals surface area contributed by atoms with Gasteiger partial charge in [-0.2, -0.15) is 8.78 Å². The summed E-state index contributed by atoms with van der Waals surface area (Å²) in [6, 6.07) is 10.6. The van der Waals surface area contributed by atoms with Gasteiger partial charge in [-0.05, 0) is 24.3 Å². The van der Waals surface area contributed by atoms with Gasteiger partial charge in [0.1, 0.15) is 17.4 Å². The number of alkyl halides is 2. The molecule has 0 radical (unpaired) electrons. The maximum Gasteiger partial charge on any atom is 0.387 e. The normalized spacial score (nSPS) is 11.5. The van der Waals surface area contributed by atoms with Crippen molar-refractivity contribution in [2.24, 2.45) is 7.05 Å². The van der Waals surface area contributed by atoms with E-state index in [-0.39, 0.29) is 17.5 Å². The van der Waals surface area contributed by atoms with Crippen LogP contribution >= 0.6 is 0 Å². The van der Waals surface area contributed by atoms with Crippen LogP contribution in [0.5, 0.6) is 5.75 Å². The molecule has 0 saturated heterocycles. The van der Waals surface area contributed by atoms with E-state index in [1.165, 1.54) is 30.4 Å². The fourth-order valence-electron chi connectivity index (χ4n) is 2.79. The number of ether oxygens (including phenoxy) is 1. The van der Waals surface area contributed by atoms with Gasteiger partial charge in [0.15, 0.2) is 0 Å². The molecule has 0 aliphatic heterocycles. The highest BCUT2D eigenvalue weighted by Crippen LogP contribution is 2.21. The largest absolute Gasteiger partial charge is 0.434 e. The van der Waals surface area contributed by atoms with Crippen molar-refractivity contribution < 1.29 is 22.7 Å². The zero-order chi connectivity index (χ0) is 20.1. The molecule has 3 rings (SSSR count). The molecule has 1 aromatic heterocycles. The Labute approximate surface area is 159 Å². The van der Waals surface area contributed by atoms with E-state index in [0.717, 1.165) is 5.52 Å². The van der Waals surface area contributed by atoms with Gasteiger partial charge >= 0.3 is 6.61 Å². The van der Waals surface area contributed by atoms with Crippen molar-refractivity contribution in [3.8, 4) is 5.75 Å². The van der Waals surface area contributed by atoms with Gasteiger partial charge in [-0.1, -0.05) is 18.2 Å². The zero-order valence-electron chi connectivity index (χ0n) is 15.0. The van der Waals surface area contributed by atoms with Gasteiger partial charge in [-0.25, -0.2) is 9.37 Å². The number of nitrogens with zero attached hydrogens (tertiary/aromatic N) is 2. The first kappa shape index (κ1) is 19.5. The van der Waals surface area contributed by atoms with Gasteiger partial charge in [-0.3, -0.25) is 4.79 Å². The van der Waals surface area contributed by atoms with E-state index in [1.807, 2.05) is 11.6 Å². The van der Waals surface area contributed by atoms with Crippen LogP contribution in [-0.4, -0.2) is 28.6 Å². The summed E-state index contributed by atoms with van der Waals surface area (Å²) < 4.78 is 44.4. The van der Waals surface area contributed by atoms with Gasteiger partial charge < -0.3 is 14.6 Å². The first-order chi connectivity index (χ1) is 13.4. The Hall–Kier alpha value is -3.29. The molecule has 0 unspecified atom stereocenters. The fraction of sp³-hybridized carbons (Fsp3) is 0.200. The van der Waals surface area contributed by atoms with Crippen molar-refractivity contribution in [2.75, 3.05) is 6.54 Å². The third kappa shape index (κ3) is 4.70. The average Bonchev–Trinajstić information content (AvgIpc) is 2.95. The molecule has 1 heterocycles. The molecule has 0 atom stereocenters. The Morgan fingerprint density at radius 2 is 2.07 bits per heavy atom. The quantitative estimate of drug-likeness (QED) is 0.627. The number of hydrogen-bond acceptors (Lipinski definition) is 3. The number of fused-ring (bicyclic) bond motifs is 1. The highest BCUT2D eigenvalue weighted by atomic mass is 19.3. The monoisotopic (exact) mass is 389 g/mol. The van der Waals surface area contributed by atoms with Crippen molar-refractivity contribution in [1.82, 2.24) is 14.9 Å². The Bertz CT molecular complexity index is 1020. The van der Waals surface area contributed by atoms with Gasteiger partial charge in [0.25, 0.3) is 0 Å². The third-order valence-electron chi connectivity index (χ3n) is 4.13. The second kappa shape index (κ2) is 8.60. The minimum atomic E-state index is -2.94. The van der Waals surface area contributed by atoms with Crippen LogP contribution in [0.25, 0.3) is 17.1 Å². The van der Waals surface area contributed by atoms with Crippen LogP contribution in [0.3, 0.4) is 0 Å². The predicted molar refractivity (Wildman–Crippen MR) is 99.5 cm³/mol. The van der Waals surface area contributed by atoms with Crippen LogP contribution < -0.4 is 10.1 Å². The summed E-state index contributed by atoms with van der Waals surface area (Å²) >= 11 is 0. The number of para-hydroxylation sites is 1. The highest BCUT2D eigenvalue weighted by molar-refractivity contribution is 5.92. The number of carbonyl (C=O) groups excluding carboxylic acids is 1. The predicted octanol–water partition coefficient (Wildman–Crippen LogP) is 3.69. The van der Waals surface area contributed by atoms with Gasteiger partial charge in [0.2, 0.25) is 5.91 Å². The Kier molecular flexibility index (Phi) is 5.98. The van der Waals surface area contributed by atoms with Gasteiger partial charge in [0.05, 0.1) is 11.0 Å². The summed E-state index contributed by atoms with van der Waals surface area (Å²) in [7, 11) is 1.82. The van der Waals surface area contributed by atoms with Crippen LogP contribution in [0, 0.1) is 5.82 Å². The van der Waals surface area contributed by atoms with E-state index in [0.29, 0.717) is 29.9 Å². The van der Waals surface area contributed by atoms with E-state index in [2.05, 4.69) is 15.0 Å². The second-order valence-corrected chi connectivity index (χ2v) is 6.01. The maximum atomic E-state index is 13.3. The number of carbonyl (C=O) groups is 1. The maximum absolute atomic E-state index is 13.3. The van der Waals surface area contributed by atoms with E-state index in [1.54, 1.807) is 24.3 Å². The summed E-state index contributed by atoms with van der Waals surface area (Å²) in [5, 5.41) is 2.70. The van der Waals surface area contributed by atoms with Crippen molar-refractivity contribution in [1.29, 1.82) is 0 Å². The number of nitrogens with one attached hydrogen (secondary N) is 1. The molecule has 0 aliphatic rings. The molecule has 28 heavy (non-hydrogen) atoms. The van der Waals surface area contributed by atoms with Crippen molar-refractivity contribution in [3.63, 3.8) is 0 Å². The lowest BCUT2D eigenvalue weighted by Crippen LogP contribution is -2.24. The van der Waals surface area contributed by atoms with Gasteiger partial charge in [0, 0.05) is 37.7 Å². The van der Waals surface area contributed by atoms with E-state index in [9.17, 15) is 18.0 Å².